The topological polar surface area (TPSA) is 72.2 Å². The van der Waals surface area contributed by atoms with Gasteiger partial charge in [-0.3, -0.25) is 14.9 Å². The van der Waals surface area contributed by atoms with E-state index in [1.165, 1.54) is 18.2 Å². The van der Waals surface area contributed by atoms with Crippen molar-refractivity contribution in [2.45, 2.75) is 6.42 Å². The van der Waals surface area contributed by atoms with E-state index in [4.69, 9.17) is 11.6 Å². The van der Waals surface area contributed by atoms with E-state index < -0.39 is 10.8 Å². The first-order valence-corrected chi connectivity index (χ1v) is 8.79. The number of non-ortho nitro benzene ring substituents is 1. The quantitative estimate of drug-likeness (QED) is 0.489. The molecule has 0 bridgehead atoms. The first kappa shape index (κ1) is 18.6. The Balaban J connectivity index is 1.59. The summed E-state index contributed by atoms with van der Waals surface area (Å²) in [5, 5.41) is 13.8. The van der Waals surface area contributed by atoms with E-state index in [0.29, 0.717) is 13.0 Å². The smallest absolute Gasteiger partial charge is 0.270 e. The van der Waals surface area contributed by atoms with E-state index in [2.05, 4.69) is 17.4 Å². The van der Waals surface area contributed by atoms with Crippen molar-refractivity contribution in [1.82, 2.24) is 5.32 Å². The first-order valence-electron chi connectivity index (χ1n) is 8.41. The fourth-order valence-corrected chi connectivity index (χ4v) is 2.91. The molecule has 0 aromatic heterocycles. The number of rotatable bonds is 6. The molecule has 27 heavy (non-hydrogen) atoms. The van der Waals surface area contributed by atoms with Crippen LogP contribution in [0.15, 0.2) is 72.8 Å². The number of hydrogen-bond acceptors (Lipinski definition) is 3. The van der Waals surface area contributed by atoms with Crippen LogP contribution in [0.1, 0.15) is 15.9 Å². The Labute approximate surface area is 161 Å². The summed E-state index contributed by atoms with van der Waals surface area (Å²) in [5.74, 6) is -0.426. The highest BCUT2D eigenvalue weighted by atomic mass is 35.5. The number of amides is 1. The minimum absolute atomic E-state index is 0.102. The van der Waals surface area contributed by atoms with Crippen molar-refractivity contribution in [2.24, 2.45) is 0 Å². The van der Waals surface area contributed by atoms with Gasteiger partial charge >= 0.3 is 0 Å². The highest BCUT2D eigenvalue weighted by Crippen LogP contribution is 2.22. The Morgan fingerprint density at radius 1 is 0.963 bits per heavy atom. The van der Waals surface area contributed by atoms with Gasteiger partial charge < -0.3 is 5.32 Å². The fourth-order valence-electron chi connectivity index (χ4n) is 2.71. The maximum atomic E-state index is 12.3. The number of nitro benzene ring substituents is 1. The highest BCUT2D eigenvalue weighted by Gasteiger charge is 2.15. The van der Waals surface area contributed by atoms with Crippen LogP contribution in [-0.4, -0.2) is 17.4 Å². The van der Waals surface area contributed by atoms with Crippen LogP contribution in [0, 0.1) is 10.1 Å². The number of nitro groups is 1. The lowest BCUT2D eigenvalue weighted by atomic mass is 10.0. The summed E-state index contributed by atoms with van der Waals surface area (Å²) in [4.78, 5) is 22.5. The second-order valence-electron chi connectivity index (χ2n) is 5.99. The number of benzene rings is 3. The lowest BCUT2D eigenvalue weighted by Crippen LogP contribution is -2.26. The molecule has 1 amide bonds. The summed E-state index contributed by atoms with van der Waals surface area (Å²) in [6, 6.07) is 22.0. The van der Waals surface area contributed by atoms with Crippen molar-refractivity contribution in [3.63, 3.8) is 0 Å². The van der Waals surface area contributed by atoms with Crippen LogP contribution in [0.3, 0.4) is 0 Å². The number of hydrogen-bond donors (Lipinski definition) is 1. The molecule has 3 rings (SSSR count). The molecule has 3 aromatic carbocycles. The molecule has 0 unspecified atom stereocenters. The van der Waals surface area contributed by atoms with Gasteiger partial charge in [0.2, 0.25) is 0 Å². The Morgan fingerprint density at radius 3 is 2.30 bits per heavy atom. The van der Waals surface area contributed by atoms with Crippen LogP contribution in [0.5, 0.6) is 0 Å². The van der Waals surface area contributed by atoms with Crippen LogP contribution < -0.4 is 5.32 Å². The second-order valence-corrected chi connectivity index (χ2v) is 6.40. The van der Waals surface area contributed by atoms with Gasteiger partial charge in [0, 0.05) is 18.7 Å². The lowest BCUT2D eigenvalue weighted by Gasteiger charge is -2.08. The average molecular weight is 381 g/mol. The van der Waals surface area contributed by atoms with E-state index in [1.54, 1.807) is 0 Å². The van der Waals surface area contributed by atoms with Gasteiger partial charge in [0.15, 0.2) is 0 Å². The molecule has 0 aliphatic rings. The zero-order chi connectivity index (χ0) is 19.2. The number of carbonyl (C=O) groups is 1. The molecular weight excluding hydrogens is 364 g/mol. The van der Waals surface area contributed by atoms with Crippen molar-refractivity contribution < 1.29 is 9.72 Å². The third kappa shape index (κ3) is 4.71. The molecule has 1 N–H and O–H groups in total. The molecule has 0 aliphatic carbocycles. The summed E-state index contributed by atoms with van der Waals surface area (Å²) >= 11 is 5.98. The number of halogens is 1. The largest absolute Gasteiger partial charge is 0.352 e. The van der Waals surface area contributed by atoms with Gasteiger partial charge in [-0.1, -0.05) is 66.2 Å². The Morgan fingerprint density at radius 2 is 1.63 bits per heavy atom. The first-order chi connectivity index (χ1) is 13.0. The summed E-state index contributed by atoms with van der Waals surface area (Å²) in [6.45, 7) is 0.405. The molecule has 0 saturated carbocycles. The normalized spacial score (nSPS) is 10.4. The van der Waals surface area contributed by atoms with Crippen LogP contribution in [0.4, 0.5) is 5.69 Å². The van der Waals surface area contributed by atoms with Crippen molar-refractivity contribution in [2.75, 3.05) is 6.54 Å². The SMILES string of the molecule is O=C(NCCc1ccc(-c2ccccc2)cc1)c1cc([N+](=O)[O-])ccc1Cl. The standard InChI is InChI=1S/C21H17ClN2O3/c22-20-11-10-18(24(26)27)14-19(20)21(25)23-13-12-15-6-8-17(9-7-15)16-4-2-1-3-5-16/h1-11,14H,12-13H2,(H,23,25). The van der Waals surface area contributed by atoms with Gasteiger partial charge in [-0.2, -0.15) is 0 Å². The zero-order valence-corrected chi connectivity index (χ0v) is 15.1. The van der Waals surface area contributed by atoms with Gasteiger partial charge in [0.1, 0.15) is 0 Å². The van der Waals surface area contributed by atoms with Gasteiger partial charge in [0.05, 0.1) is 15.5 Å². The van der Waals surface area contributed by atoms with Crippen molar-refractivity contribution >= 4 is 23.2 Å². The molecule has 0 aliphatic heterocycles. The Hall–Kier alpha value is -3.18. The fraction of sp³-hybridized carbons (Fsp3) is 0.0952. The molecule has 0 fully saturated rings. The summed E-state index contributed by atoms with van der Waals surface area (Å²) in [5.41, 5.74) is 3.30. The Bertz CT molecular complexity index is 957. The maximum absolute atomic E-state index is 12.3. The number of carbonyl (C=O) groups excluding carboxylic acids is 1. The third-order valence-corrected chi connectivity index (χ3v) is 4.50. The van der Waals surface area contributed by atoms with Crippen LogP contribution >= 0.6 is 11.6 Å². The van der Waals surface area contributed by atoms with E-state index in [0.717, 1.165) is 16.7 Å². The highest BCUT2D eigenvalue weighted by molar-refractivity contribution is 6.33. The van der Waals surface area contributed by atoms with Gasteiger partial charge in [-0.05, 0) is 29.2 Å². The van der Waals surface area contributed by atoms with Crippen molar-refractivity contribution in [3.8, 4) is 11.1 Å². The molecule has 0 atom stereocenters. The molecule has 6 heteroatoms. The molecule has 3 aromatic rings. The maximum Gasteiger partial charge on any atom is 0.270 e. The van der Waals surface area contributed by atoms with E-state index in [9.17, 15) is 14.9 Å². The van der Waals surface area contributed by atoms with E-state index >= 15 is 0 Å². The molecular formula is C21H17ClN2O3. The summed E-state index contributed by atoms with van der Waals surface area (Å²) in [7, 11) is 0. The second kappa shape index (κ2) is 8.47. The molecule has 0 saturated heterocycles. The molecule has 136 valence electrons. The van der Waals surface area contributed by atoms with Crippen molar-refractivity contribution in [3.05, 3.63) is 99.1 Å². The van der Waals surface area contributed by atoms with E-state index in [-0.39, 0.29) is 16.3 Å². The predicted octanol–water partition coefficient (Wildman–Crippen LogP) is 4.89. The number of nitrogens with zero attached hydrogens (tertiary/aromatic N) is 1. The molecule has 0 spiro atoms. The third-order valence-electron chi connectivity index (χ3n) is 4.17. The van der Waals surface area contributed by atoms with Crippen LogP contribution in [0.25, 0.3) is 11.1 Å². The molecule has 0 heterocycles. The average Bonchev–Trinajstić information content (AvgIpc) is 2.69. The van der Waals surface area contributed by atoms with Gasteiger partial charge in [-0.15, -0.1) is 0 Å². The zero-order valence-electron chi connectivity index (χ0n) is 14.4. The minimum atomic E-state index is -0.554. The summed E-state index contributed by atoms with van der Waals surface area (Å²) < 4.78 is 0. The monoisotopic (exact) mass is 380 g/mol. The molecule has 0 radical (unpaired) electrons. The van der Waals surface area contributed by atoms with Gasteiger partial charge in [-0.25, -0.2) is 0 Å². The summed E-state index contributed by atoms with van der Waals surface area (Å²) in [6.07, 6.45) is 0.646. The number of nitrogens with one attached hydrogen (secondary N) is 1. The van der Waals surface area contributed by atoms with Crippen LogP contribution in [0.2, 0.25) is 5.02 Å². The lowest BCUT2D eigenvalue weighted by molar-refractivity contribution is -0.384. The predicted molar refractivity (Wildman–Crippen MR) is 106 cm³/mol. The van der Waals surface area contributed by atoms with Crippen LogP contribution in [-0.2, 0) is 6.42 Å². The van der Waals surface area contributed by atoms with Gasteiger partial charge in [0.25, 0.3) is 11.6 Å². The molecule has 5 nitrogen and oxygen atoms in total. The Kier molecular flexibility index (Phi) is 5.84. The minimum Gasteiger partial charge on any atom is -0.352 e. The van der Waals surface area contributed by atoms with Crippen molar-refractivity contribution in [1.29, 1.82) is 0 Å². The van der Waals surface area contributed by atoms with E-state index in [1.807, 2.05) is 42.5 Å².